The summed E-state index contributed by atoms with van der Waals surface area (Å²) in [4.78, 5) is 41.7. The smallest absolute Gasteiger partial charge is 0.322 e. The number of amides is 1. The third-order valence-corrected chi connectivity index (χ3v) is 8.97. The predicted octanol–water partition coefficient (Wildman–Crippen LogP) is 2.10. The summed E-state index contributed by atoms with van der Waals surface area (Å²) in [5.41, 5.74) is 1.76. The van der Waals surface area contributed by atoms with Gasteiger partial charge in [-0.2, -0.15) is 0 Å². The van der Waals surface area contributed by atoms with Gasteiger partial charge in [0.05, 0.1) is 29.1 Å². The zero-order chi connectivity index (χ0) is 27.7. The highest BCUT2D eigenvalue weighted by molar-refractivity contribution is 7.91. The van der Waals surface area contributed by atoms with Gasteiger partial charge in [0.1, 0.15) is 11.5 Å². The topological polar surface area (TPSA) is 125 Å². The molecular formula is C26H27FN6O5S. The fraction of sp³-hybridized carbons (Fsp3) is 0.385. The molecule has 3 aromatic rings. The summed E-state index contributed by atoms with van der Waals surface area (Å²) in [6, 6.07) is 4.59. The van der Waals surface area contributed by atoms with E-state index in [4.69, 9.17) is 4.84 Å². The van der Waals surface area contributed by atoms with Crippen LogP contribution in [0.3, 0.4) is 0 Å². The molecule has 0 radical (unpaired) electrons. The van der Waals surface area contributed by atoms with Gasteiger partial charge in [0.15, 0.2) is 5.82 Å². The van der Waals surface area contributed by atoms with Crippen molar-refractivity contribution in [2.24, 2.45) is 0 Å². The Morgan fingerprint density at radius 1 is 1.21 bits per heavy atom. The van der Waals surface area contributed by atoms with Crippen LogP contribution in [-0.2, 0) is 29.9 Å². The van der Waals surface area contributed by atoms with E-state index in [0.717, 1.165) is 18.2 Å². The lowest BCUT2D eigenvalue weighted by molar-refractivity contribution is -0.128. The van der Waals surface area contributed by atoms with Gasteiger partial charge in [-0.05, 0) is 32.0 Å². The Kier molecular flexibility index (Phi) is 5.77. The predicted molar refractivity (Wildman–Crippen MR) is 143 cm³/mol. The van der Waals surface area contributed by atoms with Gasteiger partial charge in [0.25, 0.3) is 10.0 Å². The van der Waals surface area contributed by atoms with Crippen molar-refractivity contribution in [3.63, 3.8) is 0 Å². The molecule has 0 unspecified atom stereocenters. The molecule has 2 aromatic heterocycles. The van der Waals surface area contributed by atoms with E-state index in [1.165, 1.54) is 18.3 Å². The zero-order valence-corrected chi connectivity index (χ0v) is 22.5. The van der Waals surface area contributed by atoms with Gasteiger partial charge in [0, 0.05) is 60.5 Å². The zero-order valence-electron chi connectivity index (χ0n) is 21.6. The molecule has 2 fully saturated rings. The van der Waals surface area contributed by atoms with E-state index >= 15 is 4.39 Å². The number of nitrogens with one attached hydrogen (secondary N) is 1. The van der Waals surface area contributed by atoms with Gasteiger partial charge in [-0.1, -0.05) is 10.9 Å². The first-order chi connectivity index (χ1) is 18.6. The molecule has 39 heavy (non-hydrogen) atoms. The molecule has 0 atom stereocenters. The Morgan fingerprint density at radius 2 is 1.95 bits per heavy atom. The minimum atomic E-state index is -4.06. The number of hydrogen-bond donors (Lipinski definition) is 1. The minimum absolute atomic E-state index is 0.0150. The van der Waals surface area contributed by atoms with Crippen molar-refractivity contribution in [1.82, 2.24) is 15.3 Å². The minimum Gasteiger partial charge on any atom is -0.351 e. The number of fused-ring (bicyclic) bond motifs is 4. The SMILES string of the molecule is CNC1CN(c2ncc(-c3cc4c5c(cnc4cc3F)N(C)C(=O)C53CCC3)cc2N(OC=O)S(C)(=O)=O)C1. The maximum Gasteiger partial charge on any atom is 0.322 e. The average Bonchev–Trinajstić information content (AvgIpc) is 3.08. The van der Waals surface area contributed by atoms with E-state index in [9.17, 15) is 18.0 Å². The summed E-state index contributed by atoms with van der Waals surface area (Å²) in [7, 11) is -0.515. The molecule has 1 spiro atoms. The summed E-state index contributed by atoms with van der Waals surface area (Å²) in [6.45, 7) is 1.13. The van der Waals surface area contributed by atoms with E-state index in [2.05, 4.69) is 15.3 Å². The van der Waals surface area contributed by atoms with Crippen molar-refractivity contribution < 1.29 is 27.2 Å². The van der Waals surface area contributed by atoms with E-state index in [1.54, 1.807) is 24.2 Å². The van der Waals surface area contributed by atoms with Crippen molar-refractivity contribution in [2.75, 3.05) is 47.7 Å². The number of rotatable bonds is 7. The molecule has 204 valence electrons. The van der Waals surface area contributed by atoms with Crippen molar-refractivity contribution in [3.8, 4) is 11.1 Å². The standard InChI is InChI=1S/C26H27FN6O5S/c1-28-16-12-32(13-16)24-21(33(38-14-34)39(3,36)37)7-15(10-30-24)17-8-18-20(9-19(17)27)29-11-22-23(18)26(5-4-6-26)25(35)31(22)2/h7-11,14,16,28H,4-6,12-13H2,1-3H3. The number of sulfonamides is 1. The van der Waals surface area contributed by atoms with Crippen molar-refractivity contribution in [1.29, 1.82) is 0 Å². The third kappa shape index (κ3) is 3.74. The first kappa shape index (κ1) is 25.4. The molecule has 4 heterocycles. The molecule has 11 nitrogen and oxygen atoms in total. The molecular weight excluding hydrogens is 527 g/mol. The van der Waals surface area contributed by atoms with Crippen molar-refractivity contribution >= 4 is 50.5 Å². The number of carbonyl (C=O) groups is 2. The number of carbonyl (C=O) groups excluding carboxylic acids is 2. The number of anilines is 3. The quantitative estimate of drug-likeness (QED) is 0.345. The summed E-state index contributed by atoms with van der Waals surface area (Å²) >= 11 is 0. The molecule has 6 rings (SSSR count). The highest BCUT2D eigenvalue weighted by Crippen LogP contribution is 2.55. The van der Waals surface area contributed by atoms with Crippen LogP contribution in [0.2, 0.25) is 0 Å². The van der Waals surface area contributed by atoms with Crippen LogP contribution in [0, 0.1) is 5.82 Å². The van der Waals surface area contributed by atoms with Gasteiger partial charge in [-0.3, -0.25) is 14.6 Å². The average molecular weight is 555 g/mol. The number of halogens is 1. The van der Waals surface area contributed by atoms with E-state index < -0.39 is 21.3 Å². The molecule has 1 N–H and O–H groups in total. The third-order valence-electron chi connectivity index (χ3n) is 8.08. The highest BCUT2D eigenvalue weighted by atomic mass is 32.2. The van der Waals surface area contributed by atoms with E-state index in [1.807, 2.05) is 11.9 Å². The Bertz CT molecular complexity index is 1640. The maximum absolute atomic E-state index is 15.6. The van der Waals surface area contributed by atoms with Crippen LogP contribution in [0.1, 0.15) is 24.8 Å². The summed E-state index contributed by atoms with van der Waals surface area (Å²) in [5.74, 6) is -0.291. The molecule has 1 saturated heterocycles. The largest absolute Gasteiger partial charge is 0.351 e. The molecule has 1 aliphatic carbocycles. The van der Waals surface area contributed by atoms with E-state index in [0.29, 0.717) is 47.0 Å². The summed E-state index contributed by atoms with van der Waals surface area (Å²) < 4.78 is 41.2. The van der Waals surface area contributed by atoms with Gasteiger partial charge < -0.3 is 20.0 Å². The van der Waals surface area contributed by atoms with Crippen LogP contribution in [0.4, 0.5) is 21.6 Å². The molecule has 13 heteroatoms. The van der Waals surface area contributed by atoms with E-state index in [-0.39, 0.29) is 41.1 Å². The molecule has 0 bridgehead atoms. The fourth-order valence-corrected chi connectivity index (χ4v) is 6.55. The molecule has 2 aliphatic heterocycles. The second kappa shape index (κ2) is 8.85. The highest BCUT2D eigenvalue weighted by Gasteiger charge is 2.54. The Labute approximate surface area is 224 Å². The Balaban J connectivity index is 1.53. The van der Waals surface area contributed by atoms with Crippen LogP contribution in [-0.4, -0.2) is 70.2 Å². The van der Waals surface area contributed by atoms with Gasteiger partial charge in [-0.15, -0.1) is 0 Å². The van der Waals surface area contributed by atoms with Crippen LogP contribution >= 0.6 is 0 Å². The Morgan fingerprint density at radius 3 is 2.56 bits per heavy atom. The summed E-state index contributed by atoms with van der Waals surface area (Å²) in [6.07, 6.45) is 6.33. The molecule has 1 amide bonds. The first-order valence-electron chi connectivity index (χ1n) is 12.5. The number of nitrogens with zero attached hydrogens (tertiary/aromatic N) is 5. The second-order valence-electron chi connectivity index (χ2n) is 10.3. The summed E-state index contributed by atoms with van der Waals surface area (Å²) in [5, 5.41) is 3.80. The molecule has 1 saturated carbocycles. The number of pyridine rings is 2. The number of benzene rings is 1. The normalized spacial score (nSPS) is 18.2. The van der Waals surface area contributed by atoms with Crippen LogP contribution in [0.15, 0.2) is 30.6 Å². The maximum atomic E-state index is 15.6. The number of aromatic nitrogens is 2. The molecule has 1 aromatic carbocycles. The lowest BCUT2D eigenvalue weighted by Gasteiger charge is -2.41. The molecule has 3 aliphatic rings. The second-order valence-corrected chi connectivity index (χ2v) is 12.1. The monoisotopic (exact) mass is 554 g/mol. The van der Waals surface area contributed by atoms with Crippen LogP contribution in [0.25, 0.3) is 22.0 Å². The van der Waals surface area contributed by atoms with Gasteiger partial charge >= 0.3 is 6.47 Å². The van der Waals surface area contributed by atoms with Crippen LogP contribution < -0.4 is 19.6 Å². The van der Waals surface area contributed by atoms with Gasteiger partial charge in [-0.25, -0.2) is 17.8 Å². The van der Waals surface area contributed by atoms with Crippen LogP contribution in [0.5, 0.6) is 0 Å². The number of likely N-dealkylation sites (N-methyl/N-ethyl adjacent to an activating group) is 2. The number of hydrogen-bond acceptors (Lipinski definition) is 9. The van der Waals surface area contributed by atoms with Crippen molar-refractivity contribution in [3.05, 3.63) is 42.0 Å². The van der Waals surface area contributed by atoms with Crippen molar-refractivity contribution in [2.45, 2.75) is 30.7 Å². The lowest BCUT2D eigenvalue weighted by atomic mass is 9.64. The van der Waals surface area contributed by atoms with Gasteiger partial charge in [0.2, 0.25) is 5.91 Å². The first-order valence-corrected chi connectivity index (χ1v) is 14.4. The fourth-order valence-electron chi connectivity index (χ4n) is 5.87. The Hall–Kier alpha value is -3.84. The lowest BCUT2D eigenvalue weighted by Crippen LogP contribution is -2.57.